The van der Waals surface area contributed by atoms with Crippen LogP contribution in [-0.4, -0.2) is 20.9 Å². The van der Waals surface area contributed by atoms with E-state index in [2.05, 4.69) is 5.10 Å². The van der Waals surface area contributed by atoms with Gasteiger partial charge in [-0.05, 0) is 30.3 Å². The number of aromatic nitrogens is 2. The number of benzene rings is 2. The molecule has 0 aliphatic heterocycles. The van der Waals surface area contributed by atoms with Crippen LogP contribution >= 0.6 is 46.4 Å². The lowest BCUT2D eigenvalue weighted by molar-refractivity contribution is -0.136. The molecule has 1 aromatic heterocycles. The molecule has 0 radical (unpaired) electrons. The molecule has 3 rings (SSSR count). The van der Waals surface area contributed by atoms with Crippen molar-refractivity contribution in [2.75, 3.05) is 0 Å². The summed E-state index contributed by atoms with van der Waals surface area (Å²) in [4.78, 5) is 11.2. The Morgan fingerprint density at radius 3 is 2.28 bits per heavy atom. The van der Waals surface area contributed by atoms with E-state index in [4.69, 9.17) is 46.4 Å². The van der Waals surface area contributed by atoms with Crippen LogP contribution in [0.3, 0.4) is 0 Å². The first-order chi connectivity index (χ1) is 11.8. The fourth-order valence-electron chi connectivity index (χ4n) is 2.39. The third-order valence-corrected chi connectivity index (χ3v) is 4.61. The highest BCUT2D eigenvalue weighted by Crippen LogP contribution is 2.31. The van der Waals surface area contributed by atoms with Gasteiger partial charge in [0.15, 0.2) is 0 Å². The van der Waals surface area contributed by atoms with E-state index in [0.29, 0.717) is 42.6 Å². The van der Waals surface area contributed by atoms with Crippen LogP contribution in [0.2, 0.25) is 20.1 Å². The highest BCUT2D eigenvalue weighted by atomic mass is 35.5. The predicted molar refractivity (Wildman–Crippen MR) is 100 cm³/mol. The molecule has 1 N–H and O–H groups in total. The molecule has 0 aliphatic rings. The SMILES string of the molecule is O=C(O)Cc1cn(-c2cc(Cl)cc(Cl)c2)nc1-c1ccc(Cl)c(Cl)c1. The number of hydrogen-bond donors (Lipinski definition) is 1. The molecule has 25 heavy (non-hydrogen) atoms. The molecule has 128 valence electrons. The zero-order valence-electron chi connectivity index (χ0n) is 12.5. The summed E-state index contributed by atoms with van der Waals surface area (Å²) < 4.78 is 1.54. The van der Waals surface area contributed by atoms with Crippen LogP contribution in [0.1, 0.15) is 5.56 Å². The number of carboxylic acids is 1. The predicted octanol–water partition coefficient (Wildman–Crippen LogP) is 5.78. The lowest BCUT2D eigenvalue weighted by Gasteiger charge is -2.04. The molecule has 0 atom stereocenters. The zero-order valence-corrected chi connectivity index (χ0v) is 15.5. The first kappa shape index (κ1) is 18.1. The molecule has 4 nitrogen and oxygen atoms in total. The monoisotopic (exact) mass is 414 g/mol. The summed E-state index contributed by atoms with van der Waals surface area (Å²) in [5, 5.41) is 15.3. The van der Waals surface area contributed by atoms with Gasteiger partial charge in [-0.2, -0.15) is 5.10 Å². The average Bonchev–Trinajstić information content (AvgIpc) is 2.92. The van der Waals surface area contributed by atoms with Crippen molar-refractivity contribution in [2.24, 2.45) is 0 Å². The van der Waals surface area contributed by atoms with Crippen LogP contribution in [-0.2, 0) is 11.2 Å². The molecule has 0 aliphatic carbocycles. The first-order valence-electron chi connectivity index (χ1n) is 7.05. The van der Waals surface area contributed by atoms with E-state index in [1.165, 1.54) is 4.68 Å². The minimum atomic E-state index is -0.968. The molecule has 0 saturated heterocycles. The number of aliphatic carboxylic acids is 1. The Bertz CT molecular complexity index is 949. The number of carbonyl (C=O) groups is 1. The van der Waals surface area contributed by atoms with Crippen LogP contribution in [0.15, 0.2) is 42.6 Å². The van der Waals surface area contributed by atoms with Crippen LogP contribution < -0.4 is 0 Å². The van der Waals surface area contributed by atoms with Crippen molar-refractivity contribution in [1.29, 1.82) is 0 Å². The number of rotatable bonds is 4. The Kier molecular flexibility index (Phi) is 5.25. The lowest BCUT2D eigenvalue weighted by atomic mass is 10.1. The summed E-state index contributed by atoms with van der Waals surface area (Å²) in [5.41, 5.74) is 2.31. The van der Waals surface area contributed by atoms with E-state index in [9.17, 15) is 9.90 Å². The molecule has 2 aromatic carbocycles. The van der Waals surface area contributed by atoms with Crippen LogP contribution in [0.4, 0.5) is 0 Å². The summed E-state index contributed by atoms with van der Waals surface area (Å²) in [5.74, 6) is -0.968. The Hall–Kier alpha value is -1.72. The second-order valence-corrected chi connectivity index (χ2v) is 6.96. The maximum atomic E-state index is 11.2. The molecule has 0 spiro atoms. The van der Waals surface area contributed by atoms with Gasteiger partial charge in [0.2, 0.25) is 0 Å². The van der Waals surface area contributed by atoms with Gasteiger partial charge in [0, 0.05) is 27.4 Å². The summed E-state index contributed by atoms with van der Waals surface area (Å²) in [6.45, 7) is 0. The maximum absolute atomic E-state index is 11.2. The molecule has 0 bridgehead atoms. The standard InChI is InChI=1S/C17H10Cl4N2O2/c18-11-5-12(19)7-13(6-11)23-8-10(4-16(24)25)17(22-23)9-1-2-14(20)15(21)3-9/h1-3,5-8H,4H2,(H,24,25). The number of nitrogens with zero attached hydrogens (tertiary/aromatic N) is 2. The smallest absolute Gasteiger partial charge is 0.307 e. The third kappa shape index (κ3) is 4.10. The quantitative estimate of drug-likeness (QED) is 0.587. The lowest BCUT2D eigenvalue weighted by Crippen LogP contribution is -2.00. The number of carboxylic acid groups (broad SMARTS) is 1. The van der Waals surface area contributed by atoms with Gasteiger partial charge < -0.3 is 5.11 Å². The summed E-state index contributed by atoms with van der Waals surface area (Å²) in [6, 6.07) is 9.99. The van der Waals surface area contributed by atoms with E-state index in [1.54, 1.807) is 42.6 Å². The van der Waals surface area contributed by atoms with Crippen molar-refractivity contribution in [3.63, 3.8) is 0 Å². The van der Waals surface area contributed by atoms with Gasteiger partial charge in [-0.1, -0.05) is 52.5 Å². The summed E-state index contributed by atoms with van der Waals surface area (Å²) >= 11 is 24.1. The van der Waals surface area contributed by atoms with Gasteiger partial charge in [-0.15, -0.1) is 0 Å². The molecular weight excluding hydrogens is 406 g/mol. The van der Waals surface area contributed by atoms with Crippen molar-refractivity contribution in [3.8, 4) is 16.9 Å². The zero-order chi connectivity index (χ0) is 18.1. The number of halogens is 4. The van der Waals surface area contributed by atoms with E-state index in [-0.39, 0.29) is 6.42 Å². The topological polar surface area (TPSA) is 55.1 Å². The second kappa shape index (κ2) is 7.26. The highest BCUT2D eigenvalue weighted by Gasteiger charge is 2.16. The molecule has 1 heterocycles. The van der Waals surface area contributed by atoms with Gasteiger partial charge >= 0.3 is 5.97 Å². The minimum absolute atomic E-state index is 0.191. The van der Waals surface area contributed by atoms with Crippen LogP contribution in [0.25, 0.3) is 16.9 Å². The Labute approximate surface area is 163 Å². The van der Waals surface area contributed by atoms with Crippen molar-refractivity contribution in [3.05, 3.63) is 68.2 Å². The van der Waals surface area contributed by atoms with Crippen molar-refractivity contribution >= 4 is 52.4 Å². The fraction of sp³-hybridized carbons (Fsp3) is 0.0588. The third-order valence-electron chi connectivity index (χ3n) is 3.44. The Balaban J connectivity index is 2.15. The second-order valence-electron chi connectivity index (χ2n) is 5.27. The first-order valence-corrected chi connectivity index (χ1v) is 8.57. The minimum Gasteiger partial charge on any atom is -0.481 e. The summed E-state index contributed by atoms with van der Waals surface area (Å²) in [6.07, 6.45) is 1.44. The van der Waals surface area contributed by atoms with E-state index in [0.717, 1.165) is 0 Å². The van der Waals surface area contributed by atoms with Gasteiger partial charge in [-0.25, -0.2) is 4.68 Å². The van der Waals surface area contributed by atoms with Crippen molar-refractivity contribution < 1.29 is 9.90 Å². The van der Waals surface area contributed by atoms with E-state index in [1.807, 2.05) is 0 Å². The largest absolute Gasteiger partial charge is 0.481 e. The molecule has 0 amide bonds. The van der Waals surface area contributed by atoms with Gasteiger partial charge in [0.1, 0.15) is 0 Å². The van der Waals surface area contributed by atoms with Crippen LogP contribution in [0.5, 0.6) is 0 Å². The van der Waals surface area contributed by atoms with Gasteiger partial charge in [0.05, 0.1) is 27.8 Å². The molecule has 0 fully saturated rings. The molecular formula is C17H10Cl4N2O2. The van der Waals surface area contributed by atoms with Crippen molar-refractivity contribution in [1.82, 2.24) is 9.78 Å². The molecule has 3 aromatic rings. The summed E-state index contributed by atoms with van der Waals surface area (Å²) in [7, 11) is 0. The van der Waals surface area contributed by atoms with Gasteiger partial charge in [0.25, 0.3) is 0 Å². The molecule has 8 heteroatoms. The average molecular weight is 416 g/mol. The van der Waals surface area contributed by atoms with Crippen molar-refractivity contribution in [2.45, 2.75) is 6.42 Å². The molecule has 0 saturated carbocycles. The highest BCUT2D eigenvalue weighted by molar-refractivity contribution is 6.42. The fourth-order valence-corrected chi connectivity index (χ4v) is 3.20. The normalized spacial score (nSPS) is 10.9. The number of hydrogen-bond acceptors (Lipinski definition) is 2. The maximum Gasteiger partial charge on any atom is 0.307 e. The Morgan fingerprint density at radius 2 is 1.68 bits per heavy atom. The van der Waals surface area contributed by atoms with E-state index < -0.39 is 5.97 Å². The van der Waals surface area contributed by atoms with Gasteiger partial charge in [-0.3, -0.25) is 4.79 Å². The van der Waals surface area contributed by atoms with E-state index >= 15 is 0 Å². The van der Waals surface area contributed by atoms with Crippen LogP contribution in [0, 0.1) is 0 Å². The Morgan fingerprint density at radius 1 is 1.00 bits per heavy atom. The molecule has 0 unspecified atom stereocenters.